The molecule has 1 aliphatic rings. The molecule has 1 amide bonds. The number of hydrogen-bond donors (Lipinski definition) is 1. The van der Waals surface area contributed by atoms with E-state index in [4.69, 9.17) is 4.74 Å². The summed E-state index contributed by atoms with van der Waals surface area (Å²) in [6, 6.07) is -0.0226. The normalized spacial score (nSPS) is 26.6. The van der Waals surface area contributed by atoms with Crippen LogP contribution in [0.15, 0.2) is 0 Å². The topological polar surface area (TPSA) is 47.6 Å². The highest BCUT2D eigenvalue weighted by Gasteiger charge is 2.33. The van der Waals surface area contributed by atoms with E-state index in [1.165, 1.54) is 0 Å². The van der Waals surface area contributed by atoms with Crippen molar-refractivity contribution < 1.29 is 19.0 Å². The molecule has 14 heavy (non-hydrogen) atoms. The first-order valence-corrected chi connectivity index (χ1v) is 4.67. The summed E-state index contributed by atoms with van der Waals surface area (Å²) in [5.41, 5.74) is -0.496. The minimum atomic E-state index is -0.496. The van der Waals surface area contributed by atoms with E-state index >= 15 is 0 Å². The first-order valence-electron chi connectivity index (χ1n) is 4.67. The first-order chi connectivity index (χ1) is 6.40. The lowest BCUT2D eigenvalue weighted by Gasteiger charge is -2.33. The van der Waals surface area contributed by atoms with Gasteiger partial charge in [0.15, 0.2) is 0 Å². The van der Waals surface area contributed by atoms with Crippen LogP contribution < -0.4 is 5.32 Å². The van der Waals surface area contributed by atoms with Crippen molar-refractivity contribution in [3.8, 4) is 0 Å². The summed E-state index contributed by atoms with van der Waals surface area (Å²) in [5.74, 6) is 0. The molecule has 0 unspecified atom stereocenters. The summed E-state index contributed by atoms with van der Waals surface area (Å²) in [7, 11) is 0. The molecule has 1 saturated carbocycles. The molecule has 0 bridgehead atoms. The predicted molar refractivity (Wildman–Crippen MR) is 48.4 cm³/mol. The second kappa shape index (κ2) is 4.13. The number of hydrogen-bond acceptors (Lipinski definition) is 3. The number of alkyl carbamates (subject to hydrolysis) is 1. The maximum Gasteiger partial charge on any atom is 0.407 e. The van der Waals surface area contributed by atoms with Gasteiger partial charge in [-0.1, -0.05) is 0 Å². The van der Waals surface area contributed by atoms with Gasteiger partial charge >= 0.3 is 6.09 Å². The van der Waals surface area contributed by atoms with E-state index in [-0.39, 0.29) is 12.1 Å². The largest absolute Gasteiger partial charge is 0.444 e. The van der Waals surface area contributed by atoms with Gasteiger partial charge in [-0.25, -0.2) is 4.79 Å². The monoisotopic (exact) mass is 205 g/mol. The molecular formula is C9H16FNO3. The van der Waals surface area contributed by atoms with Crippen LogP contribution in [0.2, 0.25) is 0 Å². The average Bonchev–Trinajstić information content (AvgIpc) is 1.91. The molecule has 1 fully saturated rings. The quantitative estimate of drug-likeness (QED) is 0.749. The van der Waals surface area contributed by atoms with Crippen molar-refractivity contribution in [3.63, 3.8) is 0 Å². The van der Waals surface area contributed by atoms with Crippen LogP contribution in [0, 0.1) is 0 Å². The fraction of sp³-hybridized carbons (Fsp3) is 0.889. The molecule has 0 aromatic rings. The van der Waals surface area contributed by atoms with Crippen LogP contribution in [-0.2, 0) is 9.68 Å². The number of rotatable bonds is 2. The van der Waals surface area contributed by atoms with Gasteiger partial charge in [0, 0.05) is 6.04 Å². The third-order valence-corrected chi connectivity index (χ3v) is 1.94. The summed E-state index contributed by atoms with van der Waals surface area (Å²) < 4.78 is 16.6. The molecule has 0 saturated heterocycles. The van der Waals surface area contributed by atoms with Gasteiger partial charge < -0.3 is 10.1 Å². The first kappa shape index (κ1) is 11.2. The Hall–Kier alpha value is -0.840. The second-order valence-corrected chi connectivity index (χ2v) is 4.53. The number of carbonyl (C=O) groups excluding carboxylic acids is 1. The predicted octanol–water partition coefficient (Wildman–Crippen LogP) is 1.94. The minimum Gasteiger partial charge on any atom is -0.444 e. The van der Waals surface area contributed by atoms with Crippen molar-refractivity contribution in [2.24, 2.45) is 0 Å². The zero-order valence-corrected chi connectivity index (χ0v) is 8.67. The Morgan fingerprint density at radius 2 is 2.00 bits per heavy atom. The van der Waals surface area contributed by atoms with E-state index in [1.54, 1.807) is 20.8 Å². The van der Waals surface area contributed by atoms with Crippen molar-refractivity contribution in [3.05, 3.63) is 0 Å². The van der Waals surface area contributed by atoms with Gasteiger partial charge in [-0.2, -0.15) is 4.94 Å². The number of amides is 1. The van der Waals surface area contributed by atoms with Gasteiger partial charge in [-0.3, -0.25) is 0 Å². The highest BCUT2D eigenvalue weighted by atomic mass is 19.3. The maximum atomic E-state index is 11.6. The molecule has 82 valence electrons. The Morgan fingerprint density at radius 3 is 2.43 bits per heavy atom. The molecule has 4 nitrogen and oxygen atoms in total. The molecule has 5 heteroatoms. The van der Waals surface area contributed by atoms with E-state index in [0.717, 1.165) is 0 Å². The highest BCUT2D eigenvalue weighted by Crippen LogP contribution is 2.23. The Kier molecular flexibility index (Phi) is 3.31. The second-order valence-electron chi connectivity index (χ2n) is 4.53. The lowest BCUT2D eigenvalue weighted by molar-refractivity contribution is -0.206. The third-order valence-electron chi connectivity index (χ3n) is 1.94. The minimum absolute atomic E-state index is 0.0226. The van der Waals surface area contributed by atoms with Gasteiger partial charge in [0.05, 0.1) is 0 Å². The van der Waals surface area contributed by atoms with Gasteiger partial charge in [-0.05, 0) is 38.1 Å². The van der Waals surface area contributed by atoms with Crippen molar-refractivity contribution in [1.29, 1.82) is 0 Å². The molecule has 0 aromatic heterocycles. The summed E-state index contributed by atoms with van der Waals surface area (Å²) in [6.45, 7) is 5.38. The van der Waals surface area contributed by atoms with Gasteiger partial charge in [0.1, 0.15) is 11.7 Å². The van der Waals surface area contributed by atoms with Crippen LogP contribution in [0.25, 0.3) is 0 Å². The molecule has 1 rings (SSSR count). The molecule has 0 heterocycles. The van der Waals surface area contributed by atoms with E-state index in [9.17, 15) is 9.32 Å². The smallest absolute Gasteiger partial charge is 0.407 e. The van der Waals surface area contributed by atoms with Crippen LogP contribution in [0.4, 0.5) is 9.32 Å². The van der Waals surface area contributed by atoms with Crippen molar-refractivity contribution in [2.45, 2.75) is 51.4 Å². The maximum absolute atomic E-state index is 11.6. The summed E-state index contributed by atoms with van der Waals surface area (Å²) in [6.07, 6.45) is 0.195. The molecular weight excluding hydrogens is 189 g/mol. The lowest BCUT2D eigenvalue weighted by atomic mass is 9.90. The lowest BCUT2D eigenvalue weighted by Crippen LogP contribution is -2.48. The van der Waals surface area contributed by atoms with Crippen molar-refractivity contribution in [1.82, 2.24) is 5.32 Å². The van der Waals surface area contributed by atoms with Crippen molar-refractivity contribution >= 4 is 6.09 Å². The van der Waals surface area contributed by atoms with Crippen LogP contribution >= 0.6 is 0 Å². The SMILES string of the molecule is CC(C)(C)OC(=O)NC1CC(OF)C1. The standard InChI is InChI=1S/C9H16FNO3/c1-9(2,3)13-8(12)11-6-4-7(5-6)14-10/h6-7H,4-5H2,1-3H3,(H,11,12). The van der Waals surface area contributed by atoms with Crippen LogP contribution in [0.3, 0.4) is 0 Å². The Bertz CT molecular complexity index is 209. The van der Waals surface area contributed by atoms with Gasteiger partial charge in [0.25, 0.3) is 0 Å². The van der Waals surface area contributed by atoms with Gasteiger partial charge in [0.2, 0.25) is 0 Å². The summed E-state index contributed by atoms with van der Waals surface area (Å²) in [4.78, 5) is 14.8. The number of nitrogens with one attached hydrogen (secondary N) is 1. The molecule has 0 aliphatic heterocycles. The fourth-order valence-corrected chi connectivity index (χ4v) is 1.23. The number of ether oxygens (including phenoxy) is 1. The summed E-state index contributed by atoms with van der Waals surface area (Å²) in [5, 5.41) is 2.63. The number of halogens is 1. The van der Waals surface area contributed by atoms with Gasteiger partial charge in [-0.15, -0.1) is 0 Å². The van der Waals surface area contributed by atoms with Crippen LogP contribution in [0.1, 0.15) is 33.6 Å². The molecule has 1 N–H and O–H groups in total. The molecule has 1 aliphatic carbocycles. The average molecular weight is 205 g/mol. The Balaban J connectivity index is 2.17. The zero-order valence-electron chi connectivity index (χ0n) is 8.67. The van der Waals surface area contributed by atoms with Crippen LogP contribution in [-0.4, -0.2) is 23.8 Å². The van der Waals surface area contributed by atoms with E-state index in [1.807, 2.05) is 0 Å². The highest BCUT2D eigenvalue weighted by molar-refractivity contribution is 5.68. The summed E-state index contributed by atoms with van der Waals surface area (Å²) >= 11 is 0. The Morgan fingerprint density at radius 1 is 1.43 bits per heavy atom. The fourth-order valence-electron chi connectivity index (χ4n) is 1.23. The molecule has 0 aromatic carbocycles. The van der Waals surface area contributed by atoms with E-state index in [0.29, 0.717) is 12.8 Å². The third kappa shape index (κ3) is 3.49. The Labute approximate surface area is 82.7 Å². The van der Waals surface area contributed by atoms with Crippen molar-refractivity contribution in [2.75, 3.05) is 0 Å². The molecule has 0 spiro atoms. The molecule has 0 radical (unpaired) electrons. The van der Waals surface area contributed by atoms with E-state index in [2.05, 4.69) is 10.3 Å². The van der Waals surface area contributed by atoms with Crippen LogP contribution in [0.5, 0.6) is 0 Å². The number of carbonyl (C=O) groups is 1. The molecule has 0 atom stereocenters. The zero-order chi connectivity index (χ0) is 10.8. The van der Waals surface area contributed by atoms with E-state index < -0.39 is 11.7 Å².